The molecule has 7 nitrogen and oxygen atoms in total. The van der Waals surface area contributed by atoms with Crippen LogP contribution in [0.3, 0.4) is 0 Å². The molecule has 1 N–H and O–H groups in total. The summed E-state index contributed by atoms with van der Waals surface area (Å²) in [6.07, 6.45) is 0.804. The molecule has 0 radical (unpaired) electrons. The van der Waals surface area contributed by atoms with Crippen LogP contribution in [0.15, 0.2) is 46.9 Å². The average molecular weight is 496 g/mol. The summed E-state index contributed by atoms with van der Waals surface area (Å²) < 4.78 is 14.0. The van der Waals surface area contributed by atoms with Crippen LogP contribution in [0.25, 0.3) is 16.9 Å². The molecule has 4 rings (SSSR count). The number of aryl methyl sites for hydroxylation is 2. The second-order valence-electron chi connectivity index (χ2n) is 7.39. The van der Waals surface area contributed by atoms with Crippen molar-refractivity contribution in [2.45, 2.75) is 27.2 Å². The molecule has 0 fully saturated rings. The molecule has 2 aromatic carbocycles. The minimum absolute atomic E-state index is 0.603. The topological polar surface area (TPSA) is 73.6 Å². The smallest absolute Gasteiger partial charge is 0.182 e. The van der Waals surface area contributed by atoms with Crippen LogP contribution in [-0.4, -0.2) is 39.8 Å². The van der Waals surface area contributed by atoms with Crippen LogP contribution < -0.4 is 14.8 Å². The molecule has 0 amide bonds. The zero-order valence-electron chi connectivity index (χ0n) is 18.6. The predicted octanol–water partition coefficient (Wildman–Crippen LogP) is 5.23. The van der Waals surface area contributed by atoms with E-state index in [-0.39, 0.29) is 0 Å². The van der Waals surface area contributed by atoms with Crippen molar-refractivity contribution in [2.24, 2.45) is 0 Å². The molecule has 0 spiro atoms. The Hall–Kier alpha value is -3.13. The first-order valence-corrected chi connectivity index (χ1v) is 11.3. The Balaban J connectivity index is 1.60. The van der Waals surface area contributed by atoms with Gasteiger partial charge in [-0.05, 0) is 57.0 Å². The monoisotopic (exact) mass is 495 g/mol. The number of imidazole rings is 1. The van der Waals surface area contributed by atoms with Gasteiger partial charge in [0.2, 0.25) is 0 Å². The highest BCUT2D eigenvalue weighted by Crippen LogP contribution is 2.29. The summed E-state index contributed by atoms with van der Waals surface area (Å²) in [5.41, 5.74) is 3.89. The molecular weight excluding hydrogens is 470 g/mol. The molecule has 4 aromatic rings. The molecule has 0 unspecified atom stereocenters. The van der Waals surface area contributed by atoms with Crippen molar-refractivity contribution in [3.63, 3.8) is 0 Å². The predicted molar refractivity (Wildman–Crippen MR) is 130 cm³/mol. The van der Waals surface area contributed by atoms with E-state index in [1.165, 1.54) is 0 Å². The van der Waals surface area contributed by atoms with Gasteiger partial charge in [-0.3, -0.25) is 0 Å². The number of nitrogens with one attached hydrogen (secondary N) is 1. The van der Waals surface area contributed by atoms with Crippen LogP contribution in [0.4, 0.5) is 5.82 Å². The number of benzene rings is 2. The van der Waals surface area contributed by atoms with Gasteiger partial charge in [0.15, 0.2) is 23.1 Å². The van der Waals surface area contributed by atoms with Crippen molar-refractivity contribution < 1.29 is 9.47 Å². The quantitative estimate of drug-likeness (QED) is 0.360. The van der Waals surface area contributed by atoms with Crippen LogP contribution in [0, 0.1) is 13.8 Å². The maximum atomic E-state index is 5.61. The number of hydrogen-bond donors (Lipinski definition) is 1. The first kappa shape index (κ1) is 22.1. The van der Waals surface area contributed by atoms with E-state index < -0.39 is 0 Å². The number of hydrogen-bond acceptors (Lipinski definition) is 6. The summed E-state index contributed by atoms with van der Waals surface area (Å²) in [5, 5.41) is 8.23. The molecule has 166 valence electrons. The molecule has 2 aromatic heterocycles. The summed E-state index contributed by atoms with van der Waals surface area (Å²) in [6, 6.07) is 14.0. The number of ether oxygens (including phenoxy) is 2. The van der Waals surface area contributed by atoms with E-state index in [1.54, 1.807) is 7.11 Å². The molecule has 0 aliphatic rings. The van der Waals surface area contributed by atoms with E-state index in [4.69, 9.17) is 19.6 Å². The standard InChI is InChI=1S/C24H26BrN5O2/c1-5-32-20-11-6-17(14-21(20)31-4)12-13-26-24-22-15(2)27-16(3)30(22)29-23(28-24)18-7-9-19(25)10-8-18/h6-11,14H,5,12-13H2,1-4H3,(H,26,28,29). The summed E-state index contributed by atoms with van der Waals surface area (Å²) in [4.78, 5) is 9.43. The summed E-state index contributed by atoms with van der Waals surface area (Å²) in [7, 11) is 1.66. The lowest BCUT2D eigenvalue weighted by Crippen LogP contribution is -2.11. The van der Waals surface area contributed by atoms with Crippen LogP contribution in [0.1, 0.15) is 24.0 Å². The zero-order valence-corrected chi connectivity index (χ0v) is 20.2. The fourth-order valence-electron chi connectivity index (χ4n) is 3.64. The van der Waals surface area contributed by atoms with Crippen LogP contribution >= 0.6 is 15.9 Å². The molecule has 0 saturated carbocycles. The van der Waals surface area contributed by atoms with Gasteiger partial charge in [-0.1, -0.05) is 34.1 Å². The summed E-state index contributed by atoms with van der Waals surface area (Å²) >= 11 is 3.48. The Bertz CT molecular complexity index is 1240. The van der Waals surface area contributed by atoms with Gasteiger partial charge in [0.1, 0.15) is 11.3 Å². The first-order chi connectivity index (χ1) is 15.5. The largest absolute Gasteiger partial charge is 0.493 e. The van der Waals surface area contributed by atoms with Gasteiger partial charge in [0, 0.05) is 16.6 Å². The Labute approximate surface area is 195 Å². The minimum Gasteiger partial charge on any atom is -0.493 e. The van der Waals surface area contributed by atoms with Crippen molar-refractivity contribution in [2.75, 3.05) is 25.6 Å². The normalized spacial score (nSPS) is 11.0. The van der Waals surface area contributed by atoms with E-state index in [0.29, 0.717) is 19.0 Å². The van der Waals surface area contributed by atoms with Gasteiger partial charge >= 0.3 is 0 Å². The second-order valence-corrected chi connectivity index (χ2v) is 8.31. The van der Waals surface area contributed by atoms with Crippen LogP contribution in [0.2, 0.25) is 0 Å². The molecule has 0 saturated heterocycles. The lowest BCUT2D eigenvalue weighted by atomic mass is 10.1. The molecule has 2 heterocycles. The Morgan fingerprint density at radius 1 is 1.03 bits per heavy atom. The van der Waals surface area contributed by atoms with E-state index in [9.17, 15) is 0 Å². The SMILES string of the molecule is CCOc1ccc(CCNc2nc(-c3ccc(Br)cc3)nn3c(C)nc(C)c23)cc1OC. The van der Waals surface area contributed by atoms with Crippen molar-refractivity contribution in [1.82, 2.24) is 19.6 Å². The highest BCUT2D eigenvalue weighted by Gasteiger charge is 2.15. The Morgan fingerprint density at radius 3 is 2.53 bits per heavy atom. The molecule has 0 bridgehead atoms. The Morgan fingerprint density at radius 2 is 1.81 bits per heavy atom. The zero-order chi connectivity index (χ0) is 22.7. The van der Waals surface area contributed by atoms with Gasteiger partial charge in [-0.25, -0.2) is 14.5 Å². The number of anilines is 1. The first-order valence-electron chi connectivity index (χ1n) is 10.5. The maximum Gasteiger partial charge on any atom is 0.182 e. The van der Waals surface area contributed by atoms with Crippen molar-refractivity contribution in [3.05, 3.63) is 64.0 Å². The number of fused-ring (bicyclic) bond motifs is 1. The number of aromatic nitrogens is 4. The molecule has 0 aliphatic heterocycles. The lowest BCUT2D eigenvalue weighted by molar-refractivity contribution is 0.310. The third-order valence-electron chi connectivity index (χ3n) is 5.16. The average Bonchev–Trinajstić information content (AvgIpc) is 3.08. The third kappa shape index (κ3) is 4.55. The Kier molecular flexibility index (Phi) is 6.60. The maximum absolute atomic E-state index is 5.61. The minimum atomic E-state index is 0.603. The second kappa shape index (κ2) is 9.56. The van der Waals surface area contributed by atoms with Crippen molar-refractivity contribution >= 4 is 27.3 Å². The molecule has 8 heteroatoms. The molecular formula is C24H26BrN5O2. The van der Waals surface area contributed by atoms with Gasteiger partial charge in [0.25, 0.3) is 0 Å². The third-order valence-corrected chi connectivity index (χ3v) is 5.69. The van der Waals surface area contributed by atoms with E-state index >= 15 is 0 Å². The van der Waals surface area contributed by atoms with Gasteiger partial charge in [-0.2, -0.15) is 0 Å². The highest BCUT2D eigenvalue weighted by atomic mass is 79.9. The fraction of sp³-hybridized carbons (Fsp3) is 0.292. The molecule has 32 heavy (non-hydrogen) atoms. The number of rotatable bonds is 8. The lowest BCUT2D eigenvalue weighted by Gasteiger charge is -2.13. The number of methoxy groups -OCH3 is 1. The van der Waals surface area contributed by atoms with Crippen LogP contribution in [-0.2, 0) is 6.42 Å². The van der Waals surface area contributed by atoms with Gasteiger partial charge in [-0.15, -0.1) is 5.10 Å². The number of halogens is 1. The van der Waals surface area contributed by atoms with E-state index in [1.807, 2.05) is 61.7 Å². The molecule has 0 aliphatic carbocycles. The summed E-state index contributed by atoms with van der Waals surface area (Å²) in [5.74, 6) is 3.75. The van der Waals surface area contributed by atoms with Gasteiger partial charge < -0.3 is 14.8 Å². The number of nitrogens with zero attached hydrogens (tertiary/aromatic N) is 4. The van der Waals surface area contributed by atoms with Crippen molar-refractivity contribution in [3.8, 4) is 22.9 Å². The fourth-order valence-corrected chi connectivity index (χ4v) is 3.90. The highest BCUT2D eigenvalue weighted by molar-refractivity contribution is 9.10. The van der Waals surface area contributed by atoms with Crippen LogP contribution in [0.5, 0.6) is 11.5 Å². The van der Waals surface area contributed by atoms with E-state index in [0.717, 1.165) is 56.4 Å². The van der Waals surface area contributed by atoms with Crippen molar-refractivity contribution in [1.29, 1.82) is 0 Å². The van der Waals surface area contributed by atoms with Gasteiger partial charge in [0.05, 0.1) is 19.4 Å². The summed E-state index contributed by atoms with van der Waals surface area (Å²) in [6.45, 7) is 7.20. The van der Waals surface area contributed by atoms with E-state index in [2.05, 4.69) is 32.3 Å². The molecule has 0 atom stereocenters.